The molecular formula is C16H28N2O2. The lowest BCUT2D eigenvalue weighted by molar-refractivity contribution is 0.277. The fraction of sp³-hybridized carbons (Fsp3) is 0.688. The van der Waals surface area contributed by atoms with Gasteiger partial charge in [-0.25, -0.2) is 0 Å². The number of aryl methyl sites for hydroxylation is 1. The van der Waals surface area contributed by atoms with Crippen LogP contribution in [-0.2, 0) is 13.1 Å². The van der Waals surface area contributed by atoms with Gasteiger partial charge in [0.15, 0.2) is 5.75 Å². The lowest BCUT2D eigenvalue weighted by Crippen LogP contribution is -2.27. The summed E-state index contributed by atoms with van der Waals surface area (Å²) in [5.41, 5.74) is 1.40. The van der Waals surface area contributed by atoms with Crippen LogP contribution in [0.25, 0.3) is 0 Å². The Balaban J connectivity index is 3.18. The highest BCUT2D eigenvalue weighted by molar-refractivity contribution is 5.29. The summed E-state index contributed by atoms with van der Waals surface area (Å²) < 4.78 is 2.09. The minimum atomic E-state index is -0.273. The summed E-state index contributed by atoms with van der Waals surface area (Å²) in [5.74, 6) is 0.503. The van der Waals surface area contributed by atoms with Gasteiger partial charge in [-0.3, -0.25) is 9.69 Å². The average Bonchev–Trinajstić information content (AvgIpc) is 2.40. The van der Waals surface area contributed by atoms with Gasteiger partial charge in [0.05, 0.1) is 5.69 Å². The molecule has 114 valence electrons. The molecule has 0 atom stereocenters. The van der Waals surface area contributed by atoms with E-state index in [0.717, 1.165) is 37.4 Å². The van der Waals surface area contributed by atoms with Crippen LogP contribution in [0, 0.1) is 12.8 Å². The maximum atomic E-state index is 11.8. The molecule has 0 radical (unpaired) electrons. The third-order valence-electron chi connectivity index (χ3n) is 3.80. The van der Waals surface area contributed by atoms with E-state index in [9.17, 15) is 9.90 Å². The zero-order valence-corrected chi connectivity index (χ0v) is 13.4. The van der Waals surface area contributed by atoms with Gasteiger partial charge in [0.2, 0.25) is 5.43 Å². The number of hydrogen-bond donors (Lipinski definition) is 1. The third kappa shape index (κ3) is 4.10. The normalized spacial score (nSPS) is 11.6. The Kier molecular flexibility index (Phi) is 6.27. The summed E-state index contributed by atoms with van der Waals surface area (Å²) >= 11 is 0. The first-order valence-corrected chi connectivity index (χ1v) is 7.55. The molecule has 1 heterocycles. The molecule has 0 amide bonds. The van der Waals surface area contributed by atoms with Crippen molar-refractivity contribution in [3.05, 3.63) is 27.7 Å². The van der Waals surface area contributed by atoms with Crippen molar-refractivity contribution < 1.29 is 5.11 Å². The maximum absolute atomic E-state index is 11.8. The fourth-order valence-electron chi connectivity index (χ4n) is 2.34. The number of rotatable bonds is 7. The minimum absolute atomic E-state index is 0.0914. The topological polar surface area (TPSA) is 45.5 Å². The van der Waals surface area contributed by atoms with E-state index < -0.39 is 0 Å². The van der Waals surface area contributed by atoms with Crippen molar-refractivity contribution in [2.24, 2.45) is 5.92 Å². The van der Waals surface area contributed by atoms with Crippen molar-refractivity contribution in [2.75, 3.05) is 13.1 Å². The predicted molar refractivity (Wildman–Crippen MR) is 83.2 cm³/mol. The van der Waals surface area contributed by atoms with Crippen LogP contribution in [0.5, 0.6) is 5.75 Å². The summed E-state index contributed by atoms with van der Waals surface area (Å²) in [6.45, 7) is 13.8. The van der Waals surface area contributed by atoms with Gasteiger partial charge >= 0.3 is 0 Å². The second kappa shape index (κ2) is 7.48. The first kappa shape index (κ1) is 16.8. The van der Waals surface area contributed by atoms with E-state index in [1.807, 2.05) is 6.92 Å². The third-order valence-corrected chi connectivity index (χ3v) is 3.80. The van der Waals surface area contributed by atoms with Gasteiger partial charge < -0.3 is 9.67 Å². The summed E-state index contributed by atoms with van der Waals surface area (Å²) in [6.07, 6.45) is 1.04. The molecule has 0 saturated carbocycles. The molecule has 0 aliphatic heterocycles. The van der Waals surface area contributed by atoms with Crippen LogP contribution in [0.2, 0.25) is 0 Å². The summed E-state index contributed by atoms with van der Waals surface area (Å²) in [5, 5.41) is 10.1. The molecule has 4 nitrogen and oxygen atoms in total. The van der Waals surface area contributed by atoms with Crippen molar-refractivity contribution >= 4 is 0 Å². The molecule has 0 unspecified atom stereocenters. The van der Waals surface area contributed by atoms with E-state index in [-0.39, 0.29) is 11.2 Å². The van der Waals surface area contributed by atoms with Gasteiger partial charge in [-0.2, -0.15) is 0 Å². The number of aromatic hydroxyl groups is 1. The molecule has 0 aromatic carbocycles. The Morgan fingerprint density at radius 3 is 2.40 bits per heavy atom. The molecule has 1 aromatic heterocycles. The first-order valence-electron chi connectivity index (χ1n) is 7.55. The van der Waals surface area contributed by atoms with E-state index in [1.165, 1.54) is 6.07 Å². The predicted octanol–water partition coefficient (Wildman–Crippen LogP) is 2.75. The van der Waals surface area contributed by atoms with Crippen LogP contribution in [0.4, 0.5) is 0 Å². The molecule has 4 heteroatoms. The minimum Gasteiger partial charge on any atom is -0.503 e. The molecule has 20 heavy (non-hydrogen) atoms. The highest BCUT2D eigenvalue weighted by atomic mass is 16.3. The number of aromatic nitrogens is 1. The Morgan fingerprint density at radius 1 is 1.30 bits per heavy atom. The quantitative estimate of drug-likeness (QED) is 0.835. The number of hydrogen-bond acceptors (Lipinski definition) is 3. The average molecular weight is 280 g/mol. The largest absolute Gasteiger partial charge is 0.503 e. The zero-order valence-electron chi connectivity index (χ0n) is 13.4. The van der Waals surface area contributed by atoms with Crippen molar-refractivity contribution in [2.45, 2.75) is 54.1 Å². The van der Waals surface area contributed by atoms with Crippen LogP contribution >= 0.6 is 0 Å². The van der Waals surface area contributed by atoms with Gasteiger partial charge in [0.25, 0.3) is 0 Å². The first-order chi connectivity index (χ1) is 9.40. The van der Waals surface area contributed by atoms with Crippen molar-refractivity contribution in [1.82, 2.24) is 9.47 Å². The summed E-state index contributed by atoms with van der Waals surface area (Å²) in [4.78, 5) is 14.0. The number of pyridine rings is 1. The van der Waals surface area contributed by atoms with Gasteiger partial charge in [-0.15, -0.1) is 0 Å². The second-order valence-electron chi connectivity index (χ2n) is 5.74. The molecule has 1 aromatic rings. The molecule has 0 bridgehead atoms. The van der Waals surface area contributed by atoms with Crippen LogP contribution in [0.1, 0.15) is 45.5 Å². The Bertz CT molecular complexity index is 488. The number of nitrogens with zero attached hydrogens (tertiary/aromatic N) is 2. The SMILES string of the molecule is CCN(CC)Cc1c(O)c(=O)cc(C)n1CCC(C)C. The molecule has 0 spiro atoms. The molecule has 0 saturated heterocycles. The summed E-state index contributed by atoms with van der Waals surface area (Å²) in [7, 11) is 0. The van der Waals surface area contributed by atoms with Gasteiger partial charge in [0, 0.05) is 24.8 Å². The van der Waals surface area contributed by atoms with Crippen LogP contribution in [0.3, 0.4) is 0 Å². The van der Waals surface area contributed by atoms with E-state index in [2.05, 4.69) is 37.2 Å². The Morgan fingerprint density at radius 2 is 1.90 bits per heavy atom. The van der Waals surface area contributed by atoms with Crippen molar-refractivity contribution in [3.8, 4) is 5.75 Å². The summed E-state index contributed by atoms with van der Waals surface area (Å²) in [6, 6.07) is 1.53. The second-order valence-corrected chi connectivity index (χ2v) is 5.74. The fourth-order valence-corrected chi connectivity index (χ4v) is 2.34. The van der Waals surface area contributed by atoms with Crippen LogP contribution in [0.15, 0.2) is 10.9 Å². The zero-order chi connectivity index (χ0) is 15.3. The Labute approximate surface area is 122 Å². The van der Waals surface area contributed by atoms with E-state index in [1.54, 1.807) is 0 Å². The van der Waals surface area contributed by atoms with Crippen molar-refractivity contribution in [3.63, 3.8) is 0 Å². The van der Waals surface area contributed by atoms with E-state index >= 15 is 0 Å². The van der Waals surface area contributed by atoms with Gasteiger partial charge in [0.1, 0.15) is 0 Å². The standard InChI is InChI=1S/C16H28N2O2/c1-6-17(7-2)11-14-16(20)15(19)10-13(5)18(14)9-8-12(3)4/h10,12,20H,6-9,11H2,1-5H3. The molecule has 1 rings (SSSR count). The van der Waals surface area contributed by atoms with Crippen molar-refractivity contribution in [1.29, 1.82) is 0 Å². The van der Waals surface area contributed by atoms with Gasteiger partial charge in [-0.1, -0.05) is 27.7 Å². The monoisotopic (exact) mass is 280 g/mol. The molecule has 0 fully saturated rings. The highest BCUT2D eigenvalue weighted by Gasteiger charge is 2.15. The molecule has 0 aliphatic rings. The Hall–Kier alpha value is -1.29. The highest BCUT2D eigenvalue weighted by Crippen LogP contribution is 2.18. The van der Waals surface area contributed by atoms with Gasteiger partial charge in [-0.05, 0) is 32.4 Å². The lowest BCUT2D eigenvalue weighted by Gasteiger charge is -2.24. The maximum Gasteiger partial charge on any atom is 0.223 e. The molecule has 1 N–H and O–H groups in total. The van der Waals surface area contributed by atoms with Crippen LogP contribution < -0.4 is 5.43 Å². The molecular weight excluding hydrogens is 252 g/mol. The van der Waals surface area contributed by atoms with E-state index in [4.69, 9.17) is 0 Å². The lowest BCUT2D eigenvalue weighted by atomic mass is 10.1. The molecule has 0 aliphatic carbocycles. The smallest absolute Gasteiger partial charge is 0.223 e. The van der Waals surface area contributed by atoms with Crippen LogP contribution in [-0.4, -0.2) is 27.7 Å². The van der Waals surface area contributed by atoms with E-state index in [0.29, 0.717) is 12.5 Å².